The molecule has 0 atom stereocenters. The number of aromatic carboxylic acids is 1. The van der Waals surface area contributed by atoms with E-state index < -0.39 is 17.7 Å². The fourth-order valence-corrected chi connectivity index (χ4v) is 3.77. The third kappa shape index (κ3) is 4.74. The number of hydrogen-bond donors (Lipinski definition) is 1. The van der Waals surface area contributed by atoms with Crippen LogP contribution in [0.3, 0.4) is 0 Å². The van der Waals surface area contributed by atoms with E-state index in [4.69, 9.17) is 4.74 Å². The second-order valence-corrected chi connectivity index (χ2v) is 7.96. The number of fused-ring (bicyclic) bond motifs is 1. The highest BCUT2D eigenvalue weighted by atomic mass is 19.4. The Kier molecular flexibility index (Phi) is 5.85. The molecule has 0 aliphatic carbocycles. The largest absolute Gasteiger partial charge is 0.478 e. The zero-order valence-electron chi connectivity index (χ0n) is 18.5. The number of aromatic nitrogens is 2. The summed E-state index contributed by atoms with van der Waals surface area (Å²) < 4.78 is 45.1. The molecule has 2 aromatic heterocycles. The van der Waals surface area contributed by atoms with Crippen LogP contribution >= 0.6 is 0 Å². The standard InChI is InChI=1S/C28H17F3N2O3/c29-28(30,31)19-9-13-24-22(14-19)23(27(34)35)15-26(33-24)25-12-8-18(16-32-25)17-6-10-21(11-7-17)36-20-4-2-1-3-5-20/h1-16H,(H,34,35). The number of nitrogens with zero attached hydrogens (tertiary/aromatic N) is 2. The van der Waals surface area contributed by atoms with Gasteiger partial charge in [-0.05, 0) is 60.2 Å². The second-order valence-electron chi connectivity index (χ2n) is 7.96. The van der Waals surface area contributed by atoms with E-state index in [1.165, 1.54) is 12.1 Å². The van der Waals surface area contributed by atoms with Crippen molar-refractivity contribution >= 4 is 16.9 Å². The molecule has 5 rings (SSSR count). The van der Waals surface area contributed by atoms with E-state index in [2.05, 4.69) is 9.97 Å². The average Bonchev–Trinajstić information content (AvgIpc) is 2.88. The molecule has 5 aromatic rings. The summed E-state index contributed by atoms with van der Waals surface area (Å²) >= 11 is 0. The molecule has 2 heterocycles. The van der Waals surface area contributed by atoms with Crippen molar-refractivity contribution in [3.8, 4) is 34.0 Å². The molecular formula is C28H17F3N2O3. The molecule has 8 heteroatoms. The number of benzene rings is 3. The second kappa shape index (κ2) is 9.14. The van der Waals surface area contributed by atoms with Gasteiger partial charge < -0.3 is 9.84 Å². The molecular weight excluding hydrogens is 469 g/mol. The van der Waals surface area contributed by atoms with Gasteiger partial charge in [0.25, 0.3) is 0 Å². The number of carboxylic acid groups (broad SMARTS) is 1. The lowest BCUT2D eigenvalue weighted by Crippen LogP contribution is -2.06. The highest BCUT2D eigenvalue weighted by molar-refractivity contribution is 6.03. The molecule has 5 nitrogen and oxygen atoms in total. The molecule has 0 spiro atoms. The number of alkyl halides is 3. The van der Waals surface area contributed by atoms with Crippen molar-refractivity contribution in [3.63, 3.8) is 0 Å². The molecule has 36 heavy (non-hydrogen) atoms. The highest BCUT2D eigenvalue weighted by Crippen LogP contribution is 2.33. The van der Waals surface area contributed by atoms with Crippen LogP contribution < -0.4 is 4.74 Å². The molecule has 0 radical (unpaired) electrons. The number of para-hydroxylation sites is 1. The zero-order valence-corrected chi connectivity index (χ0v) is 18.5. The molecule has 0 saturated heterocycles. The summed E-state index contributed by atoms with van der Waals surface area (Å²) in [5, 5.41) is 9.53. The maximum Gasteiger partial charge on any atom is 0.416 e. The van der Waals surface area contributed by atoms with Crippen molar-refractivity contribution in [1.82, 2.24) is 9.97 Å². The average molecular weight is 486 g/mol. The van der Waals surface area contributed by atoms with Gasteiger partial charge in [0.1, 0.15) is 11.5 Å². The molecule has 1 N–H and O–H groups in total. The van der Waals surface area contributed by atoms with Gasteiger partial charge in [-0.15, -0.1) is 0 Å². The molecule has 0 fully saturated rings. The molecule has 0 unspecified atom stereocenters. The van der Waals surface area contributed by atoms with Crippen molar-refractivity contribution in [3.05, 3.63) is 108 Å². The van der Waals surface area contributed by atoms with Crippen LogP contribution in [0.15, 0.2) is 97.2 Å². The molecule has 0 amide bonds. The van der Waals surface area contributed by atoms with Gasteiger partial charge in [0.2, 0.25) is 0 Å². The van der Waals surface area contributed by atoms with Crippen molar-refractivity contribution in [2.75, 3.05) is 0 Å². The van der Waals surface area contributed by atoms with Crippen LogP contribution in [0.25, 0.3) is 33.4 Å². The SMILES string of the molecule is O=C(O)c1cc(-c2ccc(-c3ccc(Oc4ccccc4)cc3)cn2)nc2ccc(C(F)(F)F)cc12. The zero-order chi connectivity index (χ0) is 25.3. The van der Waals surface area contributed by atoms with Crippen LogP contribution in [0.4, 0.5) is 13.2 Å². The Labute approximate surface area is 203 Å². The number of carbonyl (C=O) groups is 1. The highest BCUT2D eigenvalue weighted by Gasteiger charge is 2.31. The fourth-order valence-electron chi connectivity index (χ4n) is 3.77. The van der Waals surface area contributed by atoms with E-state index in [9.17, 15) is 23.1 Å². The van der Waals surface area contributed by atoms with E-state index in [0.29, 0.717) is 11.4 Å². The number of halogens is 3. The minimum absolute atomic E-state index is 0.0875. The summed E-state index contributed by atoms with van der Waals surface area (Å²) in [5.74, 6) is 0.0664. The first-order valence-electron chi connectivity index (χ1n) is 10.8. The Morgan fingerprint density at radius 1 is 0.778 bits per heavy atom. The van der Waals surface area contributed by atoms with Gasteiger partial charge in [-0.1, -0.05) is 36.4 Å². The van der Waals surface area contributed by atoms with Crippen LogP contribution in [-0.2, 0) is 6.18 Å². The Bertz CT molecular complexity index is 1550. The number of carboxylic acids is 1. The van der Waals surface area contributed by atoms with E-state index in [1.54, 1.807) is 12.3 Å². The van der Waals surface area contributed by atoms with Gasteiger partial charge in [0, 0.05) is 17.1 Å². The lowest BCUT2D eigenvalue weighted by molar-refractivity contribution is -0.137. The van der Waals surface area contributed by atoms with Gasteiger partial charge in [0.05, 0.1) is 28.0 Å². The first kappa shape index (κ1) is 23.0. The molecule has 0 saturated carbocycles. The van der Waals surface area contributed by atoms with Crippen LogP contribution in [0, 0.1) is 0 Å². The molecule has 0 aliphatic rings. The van der Waals surface area contributed by atoms with Crippen molar-refractivity contribution in [2.24, 2.45) is 0 Å². The summed E-state index contributed by atoms with van der Waals surface area (Å²) in [6.45, 7) is 0. The predicted molar refractivity (Wildman–Crippen MR) is 129 cm³/mol. The lowest BCUT2D eigenvalue weighted by atomic mass is 10.0. The lowest BCUT2D eigenvalue weighted by Gasteiger charge is -2.11. The number of pyridine rings is 2. The molecule has 0 aliphatic heterocycles. The van der Waals surface area contributed by atoms with E-state index >= 15 is 0 Å². The maximum atomic E-state index is 13.1. The van der Waals surface area contributed by atoms with Crippen molar-refractivity contribution in [1.29, 1.82) is 0 Å². The third-order valence-electron chi connectivity index (χ3n) is 5.56. The topological polar surface area (TPSA) is 72.3 Å². The molecule has 3 aromatic carbocycles. The summed E-state index contributed by atoms with van der Waals surface area (Å²) in [4.78, 5) is 20.6. The van der Waals surface area contributed by atoms with Crippen LogP contribution in [0.1, 0.15) is 15.9 Å². The smallest absolute Gasteiger partial charge is 0.416 e. The third-order valence-corrected chi connectivity index (χ3v) is 5.56. The maximum absolute atomic E-state index is 13.1. The first-order valence-corrected chi connectivity index (χ1v) is 10.8. The Balaban J connectivity index is 1.43. The summed E-state index contributed by atoms with van der Waals surface area (Å²) in [6.07, 6.45) is -2.96. The van der Waals surface area contributed by atoms with Gasteiger partial charge >= 0.3 is 12.1 Å². The molecule has 178 valence electrons. The van der Waals surface area contributed by atoms with Crippen molar-refractivity contribution in [2.45, 2.75) is 6.18 Å². The number of hydrogen-bond acceptors (Lipinski definition) is 4. The van der Waals surface area contributed by atoms with Gasteiger partial charge in [-0.3, -0.25) is 4.98 Å². The monoisotopic (exact) mass is 486 g/mol. The minimum atomic E-state index is -4.59. The fraction of sp³-hybridized carbons (Fsp3) is 0.0357. The van der Waals surface area contributed by atoms with E-state index in [1.807, 2.05) is 60.7 Å². The van der Waals surface area contributed by atoms with E-state index in [-0.39, 0.29) is 22.2 Å². The summed E-state index contributed by atoms with van der Waals surface area (Å²) in [6, 6.07) is 24.5. The Hall–Kier alpha value is -4.72. The van der Waals surface area contributed by atoms with Gasteiger partial charge in [-0.2, -0.15) is 13.2 Å². The van der Waals surface area contributed by atoms with E-state index in [0.717, 1.165) is 29.0 Å². The quantitative estimate of drug-likeness (QED) is 0.279. The number of ether oxygens (including phenoxy) is 1. The summed E-state index contributed by atoms with van der Waals surface area (Å²) in [7, 11) is 0. The van der Waals surface area contributed by atoms with Crippen LogP contribution in [0.5, 0.6) is 11.5 Å². The predicted octanol–water partition coefficient (Wildman–Crippen LogP) is 7.47. The number of rotatable bonds is 5. The van der Waals surface area contributed by atoms with Crippen LogP contribution in [-0.4, -0.2) is 21.0 Å². The van der Waals surface area contributed by atoms with Gasteiger partial charge in [0.15, 0.2) is 0 Å². The Morgan fingerprint density at radius 3 is 2.11 bits per heavy atom. The normalized spacial score (nSPS) is 11.4. The van der Waals surface area contributed by atoms with Crippen molar-refractivity contribution < 1.29 is 27.8 Å². The van der Waals surface area contributed by atoms with Gasteiger partial charge in [-0.25, -0.2) is 9.78 Å². The first-order chi connectivity index (χ1) is 17.3. The summed E-state index contributed by atoms with van der Waals surface area (Å²) in [5.41, 5.74) is 1.28. The Morgan fingerprint density at radius 2 is 1.47 bits per heavy atom. The van der Waals surface area contributed by atoms with Crippen LogP contribution in [0.2, 0.25) is 0 Å². The minimum Gasteiger partial charge on any atom is -0.478 e. The molecule has 0 bridgehead atoms.